The standard InChI is InChI=1S/C25H29NO5/c1-2-15-31-17-11-9-16(10-12-17)23-24-18(5-3-7-20(24)27)26(14-13-22(29)30)19-6-4-8-21(28)25(19)23/h9-12,23H,2-8,13-15H2,1H3,(H,29,30). The van der Waals surface area contributed by atoms with Gasteiger partial charge in [-0.2, -0.15) is 0 Å². The van der Waals surface area contributed by atoms with Crippen LogP contribution in [0.3, 0.4) is 0 Å². The Morgan fingerprint density at radius 3 is 2.10 bits per heavy atom. The maximum Gasteiger partial charge on any atom is 0.305 e. The highest BCUT2D eigenvalue weighted by Crippen LogP contribution is 2.49. The molecule has 0 atom stereocenters. The van der Waals surface area contributed by atoms with Crippen molar-refractivity contribution in [1.29, 1.82) is 0 Å². The molecule has 0 aromatic heterocycles. The van der Waals surface area contributed by atoms with Crippen molar-refractivity contribution >= 4 is 17.5 Å². The van der Waals surface area contributed by atoms with Crippen molar-refractivity contribution in [1.82, 2.24) is 4.90 Å². The summed E-state index contributed by atoms with van der Waals surface area (Å²) < 4.78 is 5.70. The van der Waals surface area contributed by atoms with E-state index in [1.807, 2.05) is 29.2 Å². The number of carboxylic acid groups (broad SMARTS) is 1. The zero-order chi connectivity index (χ0) is 22.0. The Kier molecular flexibility index (Phi) is 6.25. The van der Waals surface area contributed by atoms with E-state index in [-0.39, 0.29) is 23.9 Å². The Bertz CT molecular complexity index is 913. The highest BCUT2D eigenvalue weighted by molar-refractivity contribution is 6.06. The van der Waals surface area contributed by atoms with Crippen molar-refractivity contribution in [2.45, 2.75) is 64.2 Å². The lowest BCUT2D eigenvalue weighted by atomic mass is 9.71. The number of Topliss-reactive ketones (excluding diaryl/α,β-unsaturated/α-hetero) is 2. The van der Waals surface area contributed by atoms with Crippen LogP contribution in [0.5, 0.6) is 5.75 Å². The molecule has 6 heteroatoms. The largest absolute Gasteiger partial charge is 0.494 e. The minimum Gasteiger partial charge on any atom is -0.494 e. The number of aliphatic carboxylic acids is 1. The summed E-state index contributed by atoms with van der Waals surface area (Å²) >= 11 is 0. The summed E-state index contributed by atoms with van der Waals surface area (Å²) in [6, 6.07) is 7.73. The van der Waals surface area contributed by atoms with Gasteiger partial charge in [-0.05, 0) is 49.8 Å². The normalized spacial score (nSPS) is 19.5. The maximum atomic E-state index is 13.1. The van der Waals surface area contributed by atoms with E-state index in [2.05, 4.69) is 6.92 Å². The van der Waals surface area contributed by atoms with Gasteiger partial charge in [0, 0.05) is 47.8 Å². The molecule has 0 bridgehead atoms. The smallest absolute Gasteiger partial charge is 0.305 e. The first-order valence-corrected chi connectivity index (χ1v) is 11.3. The first-order chi connectivity index (χ1) is 15.0. The number of carbonyl (C=O) groups is 3. The summed E-state index contributed by atoms with van der Waals surface area (Å²) in [5, 5.41) is 9.25. The number of rotatable bonds is 7. The number of hydrogen-bond donors (Lipinski definition) is 1. The molecule has 0 fully saturated rings. The van der Waals surface area contributed by atoms with Crippen LogP contribution in [-0.4, -0.2) is 40.7 Å². The van der Waals surface area contributed by atoms with Crippen LogP contribution >= 0.6 is 0 Å². The Morgan fingerprint density at radius 1 is 1.00 bits per heavy atom. The van der Waals surface area contributed by atoms with Crippen molar-refractivity contribution in [3.8, 4) is 5.75 Å². The summed E-state index contributed by atoms with van der Waals surface area (Å²) in [5.41, 5.74) is 4.14. The molecule has 164 valence electrons. The minimum atomic E-state index is -0.877. The molecule has 1 aromatic rings. The predicted octanol–water partition coefficient (Wildman–Crippen LogP) is 4.36. The van der Waals surface area contributed by atoms with Crippen LogP contribution in [0.4, 0.5) is 0 Å². The van der Waals surface area contributed by atoms with Gasteiger partial charge in [0.25, 0.3) is 0 Å². The molecular weight excluding hydrogens is 394 g/mol. The quantitative estimate of drug-likeness (QED) is 0.701. The Labute approximate surface area is 182 Å². The van der Waals surface area contributed by atoms with E-state index in [9.17, 15) is 19.5 Å². The number of ether oxygens (including phenoxy) is 1. The second kappa shape index (κ2) is 9.08. The van der Waals surface area contributed by atoms with E-state index in [4.69, 9.17) is 4.74 Å². The van der Waals surface area contributed by atoms with Crippen molar-refractivity contribution < 1.29 is 24.2 Å². The van der Waals surface area contributed by atoms with Crippen LogP contribution in [-0.2, 0) is 14.4 Å². The average Bonchev–Trinajstić information content (AvgIpc) is 2.76. The molecule has 0 saturated carbocycles. The monoisotopic (exact) mass is 423 g/mol. The van der Waals surface area contributed by atoms with E-state index in [0.29, 0.717) is 37.1 Å². The highest BCUT2D eigenvalue weighted by atomic mass is 16.5. The summed E-state index contributed by atoms with van der Waals surface area (Å²) in [6.45, 7) is 2.99. The van der Waals surface area contributed by atoms with E-state index in [1.165, 1.54) is 0 Å². The number of ketones is 2. The van der Waals surface area contributed by atoms with Gasteiger partial charge in [0.15, 0.2) is 11.6 Å². The van der Waals surface area contributed by atoms with Gasteiger partial charge in [-0.3, -0.25) is 14.4 Å². The summed E-state index contributed by atoms with van der Waals surface area (Å²) in [4.78, 5) is 39.5. The molecule has 2 aliphatic carbocycles. The summed E-state index contributed by atoms with van der Waals surface area (Å²) in [5.74, 6) is -0.325. The molecule has 0 spiro atoms. The van der Waals surface area contributed by atoms with E-state index in [1.54, 1.807) is 0 Å². The van der Waals surface area contributed by atoms with Crippen LogP contribution < -0.4 is 4.74 Å². The number of carboxylic acids is 1. The fourth-order valence-electron chi connectivity index (χ4n) is 5.00. The number of allylic oxidation sites excluding steroid dienone is 4. The minimum absolute atomic E-state index is 0.0237. The Balaban J connectivity index is 1.81. The number of carbonyl (C=O) groups excluding carboxylic acids is 2. The van der Waals surface area contributed by atoms with Gasteiger partial charge in [0.2, 0.25) is 0 Å². The molecule has 6 nitrogen and oxygen atoms in total. The Hall–Kier alpha value is -2.89. The molecule has 1 aromatic carbocycles. The van der Waals surface area contributed by atoms with Crippen LogP contribution in [0, 0.1) is 0 Å². The van der Waals surface area contributed by atoms with Crippen LogP contribution in [0.1, 0.15) is 69.8 Å². The van der Waals surface area contributed by atoms with Crippen molar-refractivity contribution in [3.63, 3.8) is 0 Å². The number of nitrogens with zero attached hydrogens (tertiary/aromatic N) is 1. The third-order valence-corrected chi connectivity index (χ3v) is 6.32. The third-order valence-electron chi connectivity index (χ3n) is 6.32. The molecule has 1 heterocycles. The second-order valence-electron chi connectivity index (χ2n) is 8.42. The zero-order valence-electron chi connectivity index (χ0n) is 18.0. The SMILES string of the molecule is CCCOc1ccc(C2C3=C(CCCC3=O)N(CCC(=O)O)C3=C2C(=O)CCC3)cc1. The molecule has 31 heavy (non-hydrogen) atoms. The van der Waals surface area contributed by atoms with Gasteiger partial charge in [-0.25, -0.2) is 0 Å². The average molecular weight is 424 g/mol. The first-order valence-electron chi connectivity index (χ1n) is 11.3. The molecule has 0 radical (unpaired) electrons. The van der Waals surface area contributed by atoms with Gasteiger partial charge in [-0.1, -0.05) is 19.1 Å². The number of benzene rings is 1. The van der Waals surface area contributed by atoms with Crippen molar-refractivity contribution in [3.05, 3.63) is 52.4 Å². The molecule has 1 N–H and O–H groups in total. The molecule has 3 aliphatic rings. The van der Waals surface area contributed by atoms with Gasteiger partial charge >= 0.3 is 5.97 Å². The van der Waals surface area contributed by atoms with Crippen LogP contribution in [0.15, 0.2) is 46.8 Å². The zero-order valence-corrected chi connectivity index (χ0v) is 18.0. The van der Waals surface area contributed by atoms with E-state index in [0.717, 1.165) is 54.8 Å². The second-order valence-corrected chi connectivity index (χ2v) is 8.42. The van der Waals surface area contributed by atoms with Crippen LogP contribution in [0.2, 0.25) is 0 Å². The van der Waals surface area contributed by atoms with E-state index < -0.39 is 5.97 Å². The molecule has 0 amide bonds. The third kappa shape index (κ3) is 4.16. The molecular formula is C25H29NO5. The topological polar surface area (TPSA) is 83.9 Å². The summed E-state index contributed by atoms with van der Waals surface area (Å²) in [6.07, 6.45) is 4.83. The Morgan fingerprint density at radius 2 is 1.58 bits per heavy atom. The summed E-state index contributed by atoms with van der Waals surface area (Å²) in [7, 11) is 0. The van der Waals surface area contributed by atoms with Gasteiger partial charge < -0.3 is 14.7 Å². The fourth-order valence-corrected chi connectivity index (χ4v) is 5.00. The predicted molar refractivity (Wildman–Crippen MR) is 116 cm³/mol. The molecule has 0 saturated heterocycles. The molecule has 4 rings (SSSR count). The lowest BCUT2D eigenvalue weighted by Gasteiger charge is -2.44. The first kappa shape index (κ1) is 21.3. The van der Waals surface area contributed by atoms with Crippen LogP contribution in [0.25, 0.3) is 0 Å². The van der Waals surface area contributed by atoms with Gasteiger partial charge in [0.05, 0.1) is 13.0 Å². The molecule has 0 unspecified atom stereocenters. The molecule has 1 aliphatic heterocycles. The van der Waals surface area contributed by atoms with Crippen molar-refractivity contribution in [2.75, 3.05) is 13.2 Å². The van der Waals surface area contributed by atoms with Crippen molar-refractivity contribution in [2.24, 2.45) is 0 Å². The number of hydrogen-bond acceptors (Lipinski definition) is 5. The van der Waals surface area contributed by atoms with E-state index >= 15 is 0 Å². The highest BCUT2D eigenvalue weighted by Gasteiger charge is 2.43. The lowest BCUT2D eigenvalue weighted by Crippen LogP contribution is -2.39. The lowest BCUT2D eigenvalue weighted by molar-refractivity contribution is -0.137. The van der Waals surface area contributed by atoms with Gasteiger partial charge in [-0.15, -0.1) is 0 Å². The maximum absolute atomic E-state index is 13.1. The fraction of sp³-hybridized carbons (Fsp3) is 0.480. The van der Waals surface area contributed by atoms with Gasteiger partial charge in [0.1, 0.15) is 5.75 Å².